The van der Waals surface area contributed by atoms with Crippen LogP contribution in [-0.4, -0.2) is 193 Å². The van der Waals surface area contributed by atoms with Gasteiger partial charge in [0.25, 0.3) is 0 Å². The Balaban J connectivity index is 1.23. The predicted octanol–water partition coefficient (Wildman–Crippen LogP) is 11.9. The topological polar surface area (TPSA) is 307 Å². The molecule has 0 saturated carbocycles. The van der Waals surface area contributed by atoms with E-state index in [1.165, 1.54) is 231 Å². The molecule has 3 saturated heterocycles. The first-order valence-electron chi connectivity index (χ1n) is 38.7. The second-order valence-corrected chi connectivity index (χ2v) is 27.8. The van der Waals surface area contributed by atoms with E-state index in [2.05, 4.69) is 43.5 Å². The number of carbonyl (C=O) groups excluding carboxylic acids is 1. The molecule has 558 valence electrons. The van der Waals surface area contributed by atoms with Gasteiger partial charge in [-0.15, -0.1) is 0 Å². The average Bonchev–Trinajstić information content (AvgIpc) is 0.795. The maximum Gasteiger partial charge on any atom is 0.220 e. The van der Waals surface area contributed by atoms with Crippen LogP contribution in [0.4, 0.5) is 0 Å². The Labute approximate surface area is 574 Å². The van der Waals surface area contributed by atoms with Crippen molar-refractivity contribution in [2.75, 3.05) is 26.4 Å². The summed E-state index contributed by atoms with van der Waals surface area (Å²) in [5.41, 5.74) is 0. The van der Waals surface area contributed by atoms with E-state index in [9.17, 15) is 61.0 Å². The molecule has 3 aliphatic heterocycles. The molecule has 3 aliphatic rings. The van der Waals surface area contributed by atoms with Crippen molar-refractivity contribution in [3.63, 3.8) is 0 Å². The molecular weight excluding hydrogens is 1210 g/mol. The third-order valence-electron chi connectivity index (χ3n) is 19.4. The highest BCUT2D eigenvalue weighted by Crippen LogP contribution is 2.33. The zero-order valence-corrected chi connectivity index (χ0v) is 59.4. The highest BCUT2D eigenvalue weighted by Gasteiger charge is 2.53. The highest BCUT2D eigenvalue weighted by molar-refractivity contribution is 5.76. The van der Waals surface area contributed by atoms with Gasteiger partial charge < -0.3 is 89.9 Å². The minimum Gasteiger partial charge on any atom is -0.394 e. The smallest absolute Gasteiger partial charge is 0.220 e. The number of unbranched alkanes of at least 4 members (excludes halogenated alkanes) is 41. The highest BCUT2D eigenvalue weighted by atomic mass is 16.8. The fourth-order valence-electron chi connectivity index (χ4n) is 13.1. The SMILES string of the molecule is CCCCC/C=C/CC/C=C/C(O)C(COC1OC(CO)C(OC2OC(CO)C(OC3OC(CO)C(O)C(O)C3O)C(O)C2O)C(O)C1O)NC(=O)CCCCCCCCCCCCCCCCCCCCCCCCCCCCCCC/C=C\CCCCCCCCCC. The van der Waals surface area contributed by atoms with Gasteiger partial charge in [0.2, 0.25) is 5.91 Å². The van der Waals surface area contributed by atoms with E-state index >= 15 is 0 Å². The van der Waals surface area contributed by atoms with E-state index in [4.69, 9.17) is 28.4 Å². The van der Waals surface area contributed by atoms with Gasteiger partial charge in [0.15, 0.2) is 18.9 Å². The normalized spacial score (nSPS) is 27.4. The number of hydrogen-bond acceptors (Lipinski definition) is 18. The maximum atomic E-state index is 13.4. The van der Waals surface area contributed by atoms with Crippen molar-refractivity contribution in [1.29, 1.82) is 0 Å². The van der Waals surface area contributed by atoms with Crippen molar-refractivity contribution in [1.82, 2.24) is 5.32 Å². The molecule has 0 radical (unpaired) electrons. The van der Waals surface area contributed by atoms with Crippen molar-refractivity contribution in [2.24, 2.45) is 0 Å². The lowest BCUT2D eigenvalue weighted by atomic mass is 9.96. The fourth-order valence-corrected chi connectivity index (χ4v) is 13.1. The molecule has 19 heteroatoms. The van der Waals surface area contributed by atoms with Gasteiger partial charge in [0.1, 0.15) is 73.2 Å². The molecule has 0 aliphatic carbocycles. The molecule has 0 aromatic rings. The average molecular weight is 1360 g/mol. The standard InChI is InChI=1S/C76H141NO18/c1-3-5-7-9-11-13-14-15-16-17-18-19-20-21-22-23-24-25-26-27-28-29-30-31-32-33-34-35-36-37-38-39-40-41-42-43-44-46-48-50-52-54-64(82)77-59(60(81)53-51-49-47-45-12-10-8-6-4-2)58-90-74-70(88)67(85)72(62(56-79)92-74)95-76-71(89)68(86)73(63(57-80)93-76)94-75-69(87)66(84)65(83)61(55-78)91-75/h12,17-18,45,51,53,59-63,65-76,78-81,83-89H,3-11,13-16,19-44,46-50,52,54-58H2,1-2H3,(H,77,82)/b18-17-,45-12+,53-51+. The predicted molar refractivity (Wildman–Crippen MR) is 374 cm³/mol. The Bertz CT molecular complexity index is 1860. The Kier molecular flexibility index (Phi) is 52.9. The first-order chi connectivity index (χ1) is 46.3. The number of carbonyl (C=O) groups is 1. The maximum absolute atomic E-state index is 13.4. The number of aliphatic hydroxyl groups excluding tert-OH is 11. The number of rotatable bonds is 61. The van der Waals surface area contributed by atoms with Crippen LogP contribution in [0.15, 0.2) is 36.5 Å². The van der Waals surface area contributed by atoms with Crippen molar-refractivity contribution in [3.05, 3.63) is 36.5 Å². The first-order valence-corrected chi connectivity index (χ1v) is 38.7. The number of allylic oxidation sites excluding steroid dienone is 5. The van der Waals surface area contributed by atoms with Gasteiger partial charge in [-0.25, -0.2) is 0 Å². The number of nitrogens with one attached hydrogen (secondary N) is 1. The summed E-state index contributed by atoms with van der Waals surface area (Å²) in [5.74, 6) is -0.283. The van der Waals surface area contributed by atoms with E-state index in [1.54, 1.807) is 6.08 Å². The lowest BCUT2D eigenvalue weighted by Crippen LogP contribution is -2.66. The summed E-state index contributed by atoms with van der Waals surface area (Å²) in [7, 11) is 0. The van der Waals surface area contributed by atoms with E-state index in [1.807, 2.05) is 6.08 Å². The Hall–Kier alpha value is -1.99. The van der Waals surface area contributed by atoms with Crippen molar-refractivity contribution in [3.8, 4) is 0 Å². The molecule has 1 amide bonds. The molecule has 3 heterocycles. The molecule has 3 rings (SSSR count). The van der Waals surface area contributed by atoms with E-state index in [-0.39, 0.29) is 18.9 Å². The molecule has 0 aromatic heterocycles. The van der Waals surface area contributed by atoms with E-state index in [0.717, 1.165) is 44.9 Å². The first kappa shape index (κ1) is 87.2. The number of ether oxygens (including phenoxy) is 6. The summed E-state index contributed by atoms with van der Waals surface area (Å²) in [5, 5.41) is 120. The van der Waals surface area contributed by atoms with Gasteiger partial charge in [-0.2, -0.15) is 0 Å². The number of aliphatic hydroxyl groups is 11. The quantitative estimate of drug-likeness (QED) is 0.0199. The zero-order chi connectivity index (χ0) is 68.9. The minimum atomic E-state index is -1.98. The van der Waals surface area contributed by atoms with Gasteiger partial charge in [-0.3, -0.25) is 4.79 Å². The lowest BCUT2D eigenvalue weighted by molar-refractivity contribution is -0.379. The summed E-state index contributed by atoms with van der Waals surface area (Å²) in [6.45, 7) is 1.67. The van der Waals surface area contributed by atoms with Crippen molar-refractivity contribution in [2.45, 2.75) is 413 Å². The van der Waals surface area contributed by atoms with Gasteiger partial charge in [-0.1, -0.05) is 281 Å². The van der Waals surface area contributed by atoms with Crippen LogP contribution in [0, 0.1) is 0 Å². The van der Waals surface area contributed by atoms with Crippen LogP contribution in [0.25, 0.3) is 0 Å². The minimum absolute atomic E-state index is 0.239. The Morgan fingerprint density at radius 2 is 0.674 bits per heavy atom. The molecule has 0 aromatic carbocycles. The molecule has 0 bridgehead atoms. The summed E-state index contributed by atoms with van der Waals surface area (Å²) in [4.78, 5) is 13.4. The van der Waals surface area contributed by atoms with Gasteiger partial charge in [-0.05, 0) is 57.8 Å². The second-order valence-electron chi connectivity index (χ2n) is 27.8. The molecule has 95 heavy (non-hydrogen) atoms. The summed E-state index contributed by atoms with van der Waals surface area (Å²) >= 11 is 0. The van der Waals surface area contributed by atoms with Crippen molar-refractivity contribution < 1.29 is 89.4 Å². The Morgan fingerprint density at radius 3 is 1.07 bits per heavy atom. The number of amides is 1. The molecular formula is C76H141NO18. The molecule has 17 atom stereocenters. The van der Waals surface area contributed by atoms with Crippen LogP contribution >= 0.6 is 0 Å². The Morgan fingerprint density at radius 1 is 0.368 bits per heavy atom. The monoisotopic (exact) mass is 1360 g/mol. The van der Waals surface area contributed by atoms with Gasteiger partial charge >= 0.3 is 0 Å². The van der Waals surface area contributed by atoms with Crippen LogP contribution in [0.5, 0.6) is 0 Å². The summed E-state index contributed by atoms with van der Waals surface area (Å²) in [6, 6.07) is -0.986. The third-order valence-corrected chi connectivity index (χ3v) is 19.4. The largest absolute Gasteiger partial charge is 0.394 e. The van der Waals surface area contributed by atoms with Crippen LogP contribution in [-0.2, 0) is 33.2 Å². The van der Waals surface area contributed by atoms with Crippen LogP contribution in [0.3, 0.4) is 0 Å². The zero-order valence-electron chi connectivity index (χ0n) is 59.4. The van der Waals surface area contributed by atoms with E-state index < -0.39 is 124 Å². The molecule has 12 N–H and O–H groups in total. The van der Waals surface area contributed by atoms with Crippen LogP contribution in [0.2, 0.25) is 0 Å². The number of hydrogen-bond donors (Lipinski definition) is 12. The molecule has 17 unspecified atom stereocenters. The van der Waals surface area contributed by atoms with Gasteiger partial charge in [0.05, 0.1) is 38.6 Å². The summed E-state index contributed by atoms with van der Waals surface area (Å²) < 4.78 is 34.3. The molecule has 3 fully saturated rings. The fraction of sp³-hybridized carbons (Fsp3) is 0.908. The van der Waals surface area contributed by atoms with Crippen molar-refractivity contribution >= 4 is 5.91 Å². The molecule has 0 spiro atoms. The third kappa shape index (κ3) is 38.6. The molecule has 19 nitrogen and oxygen atoms in total. The van der Waals surface area contributed by atoms with Crippen LogP contribution in [0.1, 0.15) is 309 Å². The summed E-state index contributed by atoms with van der Waals surface area (Å²) in [6.07, 6.45) is 43.7. The lowest BCUT2D eigenvalue weighted by Gasteiger charge is -2.48. The van der Waals surface area contributed by atoms with Crippen LogP contribution < -0.4 is 5.32 Å². The second kappa shape index (κ2) is 57.6. The van der Waals surface area contributed by atoms with Gasteiger partial charge in [0, 0.05) is 6.42 Å². The van der Waals surface area contributed by atoms with E-state index in [0.29, 0.717) is 12.8 Å².